The van der Waals surface area contributed by atoms with Crippen LogP contribution in [0.1, 0.15) is 16.1 Å². The molecule has 0 atom stereocenters. The van der Waals surface area contributed by atoms with Crippen molar-refractivity contribution in [2.24, 2.45) is 0 Å². The first-order valence-electron chi connectivity index (χ1n) is 5.09. The summed E-state index contributed by atoms with van der Waals surface area (Å²) >= 11 is 5.58. The van der Waals surface area contributed by atoms with Crippen molar-refractivity contribution in [2.75, 3.05) is 0 Å². The topological polar surface area (TPSA) is 86.2 Å². The highest BCUT2D eigenvalue weighted by atomic mass is 35.5. The number of benzene rings is 1. The van der Waals surface area contributed by atoms with Gasteiger partial charge in [-0.2, -0.15) is 18.3 Å². The fourth-order valence-electron chi connectivity index (χ4n) is 1.58. The number of carbonyl (C=O) groups is 1. The van der Waals surface area contributed by atoms with Gasteiger partial charge in [-0.05, 0) is 18.2 Å². The van der Waals surface area contributed by atoms with Gasteiger partial charge in [-0.15, -0.1) is 0 Å². The molecule has 0 saturated heterocycles. The predicted molar refractivity (Wildman–Crippen MR) is 62.7 cm³/mol. The number of H-pyrrole nitrogens is 1. The Balaban J connectivity index is 2.65. The van der Waals surface area contributed by atoms with Crippen molar-refractivity contribution in [2.45, 2.75) is 6.18 Å². The van der Waals surface area contributed by atoms with E-state index in [9.17, 15) is 23.1 Å². The monoisotopic (exact) mass is 306 g/mol. The van der Waals surface area contributed by atoms with Crippen molar-refractivity contribution < 1.29 is 28.2 Å². The Hall–Kier alpha value is -2.22. The first kappa shape index (κ1) is 14.2. The number of rotatable bonds is 2. The van der Waals surface area contributed by atoms with Crippen molar-refractivity contribution in [3.8, 4) is 17.0 Å². The number of aromatic carboxylic acids is 1. The van der Waals surface area contributed by atoms with Crippen LogP contribution in [0.3, 0.4) is 0 Å². The zero-order chi connectivity index (χ0) is 15.1. The molecule has 0 aliphatic carbocycles. The molecule has 1 heterocycles. The summed E-state index contributed by atoms with van der Waals surface area (Å²) in [6.07, 6.45) is -4.75. The third-order valence-corrected chi connectivity index (χ3v) is 2.78. The third kappa shape index (κ3) is 2.55. The van der Waals surface area contributed by atoms with E-state index in [2.05, 4.69) is 10.2 Å². The number of alkyl halides is 3. The minimum atomic E-state index is -4.75. The van der Waals surface area contributed by atoms with Gasteiger partial charge in [0.15, 0.2) is 0 Å². The van der Waals surface area contributed by atoms with Crippen LogP contribution in [0.4, 0.5) is 13.2 Å². The van der Waals surface area contributed by atoms with Crippen LogP contribution in [-0.2, 0) is 6.18 Å². The maximum absolute atomic E-state index is 12.9. The van der Waals surface area contributed by atoms with E-state index in [1.165, 1.54) is 0 Å². The molecule has 106 valence electrons. The van der Waals surface area contributed by atoms with Gasteiger partial charge in [0.2, 0.25) is 0 Å². The summed E-state index contributed by atoms with van der Waals surface area (Å²) in [5.74, 6) is -2.08. The molecule has 0 bridgehead atoms. The molecule has 0 aliphatic rings. The SMILES string of the molecule is O=C(O)c1cc(-c2cc(Cl)c(O)cc2C(F)(F)F)n[nH]1. The van der Waals surface area contributed by atoms with Gasteiger partial charge < -0.3 is 10.2 Å². The molecular weight excluding hydrogens is 301 g/mol. The number of nitrogens with zero attached hydrogens (tertiary/aromatic N) is 1. The van der Waals surface area contributed by atoms with Crippen LogP contribution < -0.4 is 0 Å². The lowest BCUT2D eigenvalue weighted by Gasteiger charge is -2.12. The van der Waals surface area contributed by atoms with E-state index in [4.69, 9.17) is 16.7 Å². The molecule has 3 N–H and O–H groups in total. The van der Waals surface area contributed by atoms with Crippen molar-refractivity contribution in [3.63, 3.8) is 0 Å². The maximum Gasteiger partial charge on any atom is 0.417 e. The molecule has 2 aromatic rings. The Kier molecular flexibility index (Phi) is 3.34. The van der Waals surface area contributed by atoms with E-state index in [1.54, 1.807) is 0 Å². The third-order valence-electron chi connectivity index (χ3n) is 2.48. The zero-order valence-electron chi connectivity index (χ0n) is 9.49. The normalized spacial score (nSPS) is 11.6. The van der Waals surface area contributed by atoms with Crippen LogP contribution in [0, 0.1) is 0 Å². The van der Waals surface area contributed by atoms with Gasteiger partial charge in [-0.25, -0.2) is 4.79 Å². The average Bonchev–Trinajstić information content (AvgIpc) is 2.80. The second kappa shape index (κ2) is 4.71. The lowest BCUT2D eigenvalue weighted by molar-refractivity contribution is -0.137. The summed E-state index contributed by atoms with van der Waals surface area (Å²) < 4.78 is 38.7. The minimum Gasteiger partial charge on any atom is -0.506 e. The van der Waals surface area contributed by atoms with Crippen LogP contribution in [0.25, 0.3) is 11.3 Å². The van der Waals surface area contributed by atoms with Crippen molar-refractivity contribution in [3.05, 3.63) is 34.5 Å². The molecule has 0 spiro atoms. The number of hydrogen-bond acceptors (Lipinski definition) is 3. The van der Waals surface area contributed by atoms with Gasteiger partial charge in [0.1, 0.15) is 11.4 Å². The van der Waals surface area contributed by atoms with Crippen LogP contribution in [0.15, 0.2) is 18.2 Å². The number of hydrogen-bond donors (Lipinski definition) is 3. The fourth-order valence-corrected chi connectivity index (χ4v) is 1.74. The Morgan fingerprint density at radius 2 is 1.95 bits per heavy atom. The lowest BCUT2D eigenvalue weighted by atomic mass is 10.0. The van der Waals surface area contributed by atoms with E-state index < -0.39 is 29.0 Å². The quantitative estimate of drug-likeness (QED) is 0.795. The van der Waals surface area contributed by atoms with Gasteiger partial charge in [0.05, 0.1) is 16.3 Å². The minimum absolute atomic E-state index is 0.239. The van der Waals surface area contributed by atoms with Gasteiger partial charge in [0, 0.05) is 5.56 Å². The van der Waals surface area contributed by atoms with E-state index in [1.807, 2.05) is 0 Å². The van der Waals surface area contributed by atoms with Crippen LogP contribution in [0.2, 0.25) is 5.02 Å². The van der Waals surface area contributed by atoms with Crippen molar-refractivity contribution in [1.29, 1.82) is 0 Å². The molecule has 0 saturated carbocycles. The molecule has 0 radical (unpaired) electrons. The number of aromatic nitrogens is 2. The Morgan fingerprint density at radius 1 is 1.30 bits per heavy atom. The molecule has 5 nitrogen and oxygen atoms in total. The first-order valence-corrected chi connectivity index (χ1v) is 5.46. The molecule has 0 amide bonds. The lowest BCUT2D eigenvalue weighted by Crippen LogP contribution is -2.07. The molecule has 1 aromatic carbocycles. The summed E-state index contributed by atoms with van der Waals surface area (Å²) in [5, 5.41) is 23.3. The van der Waals surface area contributed by atoms with Crippen molar-refractivity contribution >= 4 is 17.6 Å². The number of aromatic hydroxyl groups is 1. The van der Waals surface area contributed by atoms with Crippen LogP contribution in [0.5, 0.6) is 5.75 Å². The second-order valence-electron chi connectivity index (χ2n) is 3.82. The summed E-state index contributed by atoms with van der Waals surface area (Å²) in [7, 11) is 0. The van der Waals surface area contributed by atoms with Gasteiger partial charge in [-0.3, -0.25) is 5.10 Å². The smallest absolute Gasteiger partial charge is 0.417 e. The maximum atomic E-state index is 12.9. The fraction of sp³-hybridized carbons (Fsp3) is 0.0909. The molecule has 9 heteroatoms. The number of phenols is 1. The average molecular weight is 307 g/mol. The number of carboxylic acid groups (broad SMARTS) is 1. The number of phenolic OH excluding ortho intramolecular Hbond substituents is 1. The van der Waals surface area contributed by atoms with Gasteiger partial charge >= 0.3 is 12.1 Å². The highest BCUT2D eigenvalue weighted by Crippen LogP contribution is 2.41. The van der Waals surface area contributed by atoms with Gasteiger partial charge in [-0.1, -0.05) is 11.6 Å². The Bertz CT molecular complexity index is 682. The van der Waals surface area contributed by atoms with Crippen LogP contribution >= 0.6 is 11.6 Å². The summed E-state index contributed by atoms with van der Waals surface area (Å²) in [6, 6.07) is 2.29. The Morgan fingerprint density at radius 3 is 2.45 bits per heavy atom. The molecule has 2 rings (SSSR count). The number of nitrogens with one attached hydrogen (secondary N) is 1. The van der Waals surface area contributed by atoms with E-state index in [0.717, 1.165) is 12.1 Å². The highest BCUT2D eigenvalue weighted by Gasteiger charge is 2.35. The second-order valence-corrected chi connectivity index (χ2v) is 4.23. The molecular formula is C11H6ClF3N2O3. The van der Waals surface area contributed by atoms with Crippen molar-refractivity contribution in [1.82, 2.24) is 10.2 Å². The first-order chi connectivity index (χ1) is 9.20. The van der Waals surface area contributed by atoms with E-state index >= 15 is 0 Å². The molecule has 0 aliphatic heterocycles. The number of halogens is 4. The molecule has 0 fully saturated rings. The number of carboxylic acids is 1. The largest absolute Gasteiger partial charge is 0.506 e. The van der Waals surface area contributed by atoms with Gasteiger partial charge in [0.25, 0.3) is 0 Å². The molecule has 1 aromatic heterocycles. The predicted octanol–water partition coefficient (Wildman–Crippen LogP) is 3.15. The van der Waals surface area contributed by atoms with E-state index in [-0.39, 0.29) is 16.4 Å². The Labute approximate surface area is 114 Å². The summed E-state index contributed by atoms with van der Waals surface area (Å²) in [4.78, 5) is 10.7. The van der Waals surface area contributed by atoms with Crippen LogP contribution in [-0.4, -0.2) is 26.4 Å². The summed E-state index contributed by atoms with van der Waals surface area (Å²) in [5.41, 5.74) is -2.19. The molecule has 0 unspecified atom stereocenters. The summed E-state index contributed by atoms with van der Waals surface area (Å²) in [6.45, 7) is 0. The highest BCUT2D eigenvalue weighted by molar-refractivity contribution is 6.32. The zero-order valence-corrected chi connectivity index (χ0v) is 10.2. The standard InChI is InChI=1S/C11H6ClF3N2O3/c12-6-1-4(5(2-9(6)18)11(13,14)15)7-3-8(10(19)20)17-16-7/h1-3,18H,(H,16,17)(H,19,20). The number of aromatic amines is 1. The van der Waals surface area contributed by atoms with E-state index in [0.29, 0.717) is 6.07 Å². The molecule has 20 heavy (non-hydrogen) atoms.